The first-order chi connectivity index (χ1) is 38.7. The standard InChI is InChI=1S/C60H88N5O15P/c1-42(2)65(43(3)4)81(76-38-22-34-61)80-53(40-75-60(48-23-16-15-17-24-48,49-26-30-51(71-11)31-27-49)50-28-32-52(72-12)33-29-50)39-63(9)35-19-13-14-20-36-64(10)55(70)25-18-21-37-73-59-56(62-44(5)66)58(78-47(8)69)57(77-46(7)68)54(79-59)41-74-45(6)67/h15-17,23-24,26-33,42-43,53-54,56-59H,13-14,18-22,25,35-41H2,1-12H3,(H,62,66)/t53-,54?,56?,57?,58?,59?,81?/m0/s1. The summed E-state index contributed by atoms with van der Waals surface area (Å²) in [4.78, 5) is 65.5. The molecule has 0 radical (unpaired) electrons. The zero-order chi connectivity index (χ0) is 59.5. The summed E-state index contributed by atoms with van der Waals surface area (Å²) >= 11 is 0. The van der Waals surface area contributed by atoms with E-state index >= 15 is 0 Å². The van der Waals surface area contributed by atoms with Crippen LogP contribution in [0.1, 0.15) is 123 Å². The largest absolute Gasteiger partial charge is 0.497 e. The van der Waals surface area contributed by atoms with E-state index in [0.29, 0.717) is 25.9 Å². The number of nitrogens with one attached hydrogen (secondary N) is 1. The molecule has 4 rings (SSSR count). The predicted octanol–water partition coefficient (Wildman–Crippen LogP) is 8.47. The van der Waals surface area contributed by atoms with E-state index in [9.17, 15) is 29.2 Å². The van der Waals surface area contributed by atoms with E-state index in [1.807, 2.05) is 66.7 Å². The number of methoxy groups -OCH3 is 2. The van der Waals surface area contributed by atoms with Crippen LogP contribution in [-0.2, 0) is 67.0 Å². The third-order valence-corrected chi connectivity index (χ3v) is 15.6. The van der Waals surface area contributed by atoms with Gasteiger partial charge in [-0.2, -0.15) is 5.26 Å². The maximum atomic E-state index is 13.2. The summed E-state index contributed by atoms with van der Waals surface area (Å²) in [5.41, 5.74) is 1.65. The van der Waals surface area contributed by atoms with Crippen LogP contribution in [0.25, 0.3) is 0 Å². The van der Waals surface area contributed by atoms with Crippen molar-refractivity contribution in [1.82, 2.24) is 19.8 Å². The van der Waals surface area contributed by atoms with Crippen LogP contribution in [-0.4, -0.2) is 167 Å². The van der Waals surface area contributed by atoms with Gasteiger partial charge < -0.3 is 62.1 Å². The number of ether oxygens (including phenoxy) is 8. The van der Waals surface area contributed by atoms with E-state index < -0.39 is 74.7 Å². The maximum absolute atomic E-state index is 13.2. The molecule has 0 saturated carbocycles. The summed E-state index contributed by atoms with van der Waals surface area (Å²) in [6.45, 7) is 15.4. The van der Waals surface area contributed by atoms with Crippen LogP contribution < -0.4 is 14.8 Å². The molecule has 0 aliphatic carbocycles. The molecule has 81 heavy (non-hydrogen) atoms. The fourth-order valence-electron chi connectivity index (χ4n) is 9.68. The van der Waals surface area contributed by atoms with Gasteiger partial charge in [-0.15, -0.1) is 0 Å². The summed E-state index contributed by atoms with van der Waals surface area (Å²) in [5, 5.41) is 12.2. The lowest BCUT2D eigenvalue weighted by Gasteiger charge is -2.44. The van der Waals surface area contributed by atoms with Crippen molar-refractivity contribution in [1.29, 1.82) is 5.26 Å². The molecule has 448 valence electrons. The van der Waals surface area contributed by atoms with Crippen molar-refractivity contribution in [2.24, 2.45) is 0 Å². The molecule has 20 nitrogen and oxygen atoms in total. The minimum absolute atomic E-state index is 0.00560. The van der Waals surface area contributed by atoms with Crippen molar-refractivity contribution >= 4 is 38.2 Å². The molecular formula is C60H88N5O15P. The lowest BCUT2D eigenvalue weighted by Crippen LogP contribution is -2.66. The minimum atomic E-state index is -1.62. The highest BCUT2D eigenvalue weighted by Crippen LogP contribution is 2.48. The lowest BCUT2D eigenvalue weighted by atomic mass is 9.80. The average Bonchev–Trinajstić information content (AvgIpc) is 3.62. The molecule has 7 atom stereocenters. The Bertz CT molecular complexity index is 2360. The predicted molar refractivity (Wildman–Crippen MR) is 306 cm³/mol. The van der Waals surface area contributed by atoms with Crippen molar-refractivity contribution < 1.29 is 70.9 Å². The highest BCUT2D eigenvalue weighted by molar-refractivity contribution is 7.44. The Morgan fingerprint density at radius 1 is 0.716 bits per heavy atom. The number of amides is 2. The van der Waals surface area contributed by atoms with Gasteiger partial charge in [-0.05, 0) is 108 Å². The van der Waals surface area contributed by atoms with E-state index in [2.05, 4.69) is 67.8 Å². The fraction of sp³-hybridized carbons (Fsp3) is 0.600. The molecule has 1 N–H and O–H groups in total. The Kier molecular flexibility index (Phi) is 29.5. The maximum Gasteiger partial charge on any atom is 0.303 e. The van der Waals surface area contributed by atoms with E-state index in [0.717, 1.165) is 60.4 Å². The monoisotopic (exact) mass is 1150 g/mol. The summed E-state index contributed by atoms with van der Waals surface area (Å²) in [6.07, 6.45) is -0.0942. The molecule has 21 heteroatoms. The number of nitrogens with zero attached hydrogens (tertiary/aromatic N) is 4. The molecule has 0 spiro atoms. The van der Waals surface area contributed by atoms with Gasteiger partial charge >= 0.3 is 17.9 Å². The SMILES string of the molecule is COc1ccc(C(OC[C@H](CN(C)CCCCCCN(C)C(=O)CCCCOC2OC(COC(C)=O)C(OC(C)=O)C(OC(C)=O)C2NC(C)=O)OP(OCCC#N)N(C(C)C)C(C)C)(c2ccccc2)c2ccc(OC)cc2)cc1. The summed E-state index contributed by atoms with van der Waals surface area (Å²) in [5.74, 6) is -1.05. The number of hydrogen-bond acceptors (Lipinski definition) is 18. The van der Waals surface area contributed by atoms with Crippen molar-refractivity contribution in [3.63, 3.8) is 0 Å². The quantitative estimate of drug-likeness (QED) is 0.0189. The Balaban J connectivity index is 1.39. The Morgan fingerprint density at radius 3 is 1.81 bits per heavy atom. The number of benzene rings is 3. The molecule has 3 aromatic rings. The summed E-state index contributed by atoms with van der Waals surface area (Å²) in [7, 11) is 5.56. The van der Waals surface area contributed by atoms with Crippen LogP contribution in [0.3, 0.4) is 0 Å². The minimum Gasteiger partial charge on any atom is -0.497 e. The Morgan fingerprint density at radius 2 is 1.28 bits per heavy atom. The van der Waals surface area contributed by atoms with Crippen molar-refractivity contribution in [2.75, 3.05) is 74.4 Å². The van der Waals surface area contributed by atoms with Crippen molar-refractivity contribution in [2.45, 2.75) is 161 Å². The highest BCUT2D eigenvalue weighted by atomic mass is 31.2. The molecule has 0 bridgehead atoms. The molecule has 1 fully saturated rings. The molecule has 6 unspecified atom stereocenters. The van der Waals surface area contributed by atoms with Gasteiger partial charge in [0.2, 0.25) is 11.8 Å². The van der Waals surface area contributed by atoms with Crippen molar-refractivity contribution in [3.05, 3.63) is 95.6 Å². The molecule has 2 amide bonds. The normalized spacial score (nSPS) is 18.0. The number of rotatable bonds is 36. The Hall–Kier alpha value is -5.75. The smallest absolute Gasteiger partial charge is 0.303 e. The molecule has 1 saturated heterocycles. The second-order valence-electron chi connectivity index (χ2n) is 20.6. The van der Waals surface area contributed by atoms with Gasteiger partial charge in [-0.3, -0.25) is 24.0 Å². The second-order valence-corrected chi connectivity index (χ2v) is 22.0. The first kappa shape index (κ1) is 67.8. The zero-order valence-electron chi connectivity index (χ0n) is 49.6. The Labute approximate surface area is 481 Å². The van der Waals surface area contributed by atoms with Crippen LogP contribution in [0.4, 0.5) is 0 Å². The van der Waals surface area contributed by atoms with Crippen LogP contribution in [0, 0.1) is 11.3 Å². The number of esters is 3. The third-order valence-electron chi connectivity index (χ3n) is 13.4. The molecule has 3 aromatic carbocycles. The van der Waals surface area contributed by atoms with Crippen LogP contribution in [0.2, 0.25) is 0 Å². The van der Waals surface area contributed by atoms with Gasteiger partial charge in [0.1, 0.15) is 42.0 Å². The number of hydrogen-bond donors (Lipinski definition) is 1. The van der Waals surface area contributed by atoms with Crippen LogP contribution >= 0.6 is 8.53 Å². The zero-order valence-corrected chi connectivity index (χ0v) is 50.5. The van der Waals surface area contributed by atoms with Gasteiger partial charge in [0, 0.05) is 72.9 Å². The van der Waals surface area contributed by atoms with Gasteiger partial charge in [-0.1, -0.05) is 67.4 Å². The number of unbranched alkanes of at least 4 members (excludes halogenated alkanes) is 4. The van der Waals surface area contributed by atoms with Gasteiger partial charge in [0.15, 0.2) is 18.5 Å². The number of carbonyl (C=O) groups is 5. The summed E-state index contributed by atoms with van der Waals surface area (Å²) < 4.78 is 62.6. The number of carbonyl (C=O) groups excluding carboxylic acids is 5. The summed E-state index contributed by atoms with van der Waals surface area (Å²) in [6, 6.07) is 27.4. The van der Waals surface area contributed by atoms with Crippen molar-refractivity contribution in [3.8, 4) is 17.6 Å². The topological polar surface area (TPSA) is 223 Å². The van der Waals surface area contributed by atoms with Crippen LogP contribution in [0.15, 0.2) is 78.9 Å². The van der Waals surface area contributed by atoms with E-state index in [1.54, 1.807) is 26.2 Å². The van der Waals surface area contributed by atoms with Gasteiger partial charge in [0.25, 0.3) is 8.53 Å². The molecule has 1 heterocycles. The molecule has 1 aliphatic rings. The number of nitriles is 1. The first-order valence-electron chi connectivity index (χ1n) is 27.9. The van der Waals surface area contributed by atoms with E-state index in [4.69, 9.17) is 46.9 Å². The van der Waals surface area contributed by atoms with Gasteiger partial charge in [-0.25, -0.2) is 4.67 Å². The second kappa shape index (κ2) is 35.3. The lowest BCUT2D eigenvalue weighted by molar-refractivity contribution is -0.277. The average molecular weight is 1150 g/mol. The first-order valence-corrected chi connectivity index (χ1v) is 29.0. The van der Waals surface area contributed by atoms with Gasteiger partial charge in [0.05, 0.1) is 39.9 Å². The number of likely N-dealkylation sites (N-methyl/N-ethyl adjacent to an activating group) is 1. The molecule has 0 aromatic heterocycles. The van der Waals surface area contributed by atoms with E-state index in [-0.39, 0.29) is 57.3 Å². The third kappa shape index (κ3) is 21.8. The fourth-order valence-corrected chi connectivity index (χ4v) is 11.4. The van der Waals surface area contributed by atoms with E-state index in [1.165, 1.54) is 27.7 Å². The van der Waals surface area contributed by atoms with Crippen LogP contribution in [0.5, 0.6) is 11.5 Å². The highest BCUT2D eigenvalue weighted by Gasteiger charge is 2.51. The molecule has 1 aliphatic heterocycles. The molecular weight excluding hydrogens is 1060 g/mol.